The van der Waals surface area contributed by atoms with Crippen molar-refractivity contribution in [3.05, 3.63) is 42.2 Å². The molecule has 2 aromatic rings. The molecule has 0 bridgehead atoms. The predicted molar refractivity (Wildman–Crippen MR) is 71.1 cm³/mol. The van der Waals surface area contributed by atoms with Gasteiger partial charge in [-0.3, -0.25) is 9.40 Å². The van der Waals surface area contributed by atoms with Crippen LogP contribution in [0.4, 0.5) is 5.69 Å². The van der Waals surface area contributed by atoms with Crippen LogP contribution in [0.3, 0.4) is 0 Å². The summed E-state index contributed by atoms with van der Waals surface area (Å²) in [5, 5.41) is 6.23. The molecule has 0 spiro atoms. The second-order valence-electron chi connectivity index (χ2n) is 4.47. The predicted octanol–water partition coefficient (Wildman–Crippen LogP) is 1.01. The lowest BCUT2D eigenvalue weighted by molar-refractivity contribution is 0.574. The minimum atomic E-state index is -3.57. The first kappa shape index (κ1) is 12.2. The van der Waals surface area contributed by atoms with Gasteiger partial charge in [0.05, 0.1) is 11.9 Å². The van der Waals surface area contributed by atoms with E-state index < -0.39 is 10.0 Å². The molecule has 19 heavy (non-hydrogen) atoms. The highest BCUT2D eigenvalue weighted by Gasteiger charge is 2.32. The van der Waals surface area contributed by atoms with Gasteiger partial charge in [0, 0.05) is 18.8 Å². The first-order valence-electron chi connectivity index (χ1n) is 5.97. The second-order valence-corrected chi connectivity index (χ2v) is 6.33. The monoisotopic (exact) mass is 278 g/mol. The molecule has 3 rings (SSSR count). The second kappa shape index (κ2) is 4.36. The van der Waals surface area contributed by atoms with Gasteiger partial charge in [-0.25, -0.2) is 8.42 Å². The molecule has 0 saturated heterocycles. The molecule has 6 nitrogen and oxygen atoms in total. The van der Waals surface area contributed by atoms with Gasteiger partial charge in [0.15, 0.2) is 0 Å². The van der Waals surface area contributed by atoms with Crippen LogP contribution >= 0.6 is 0 Å². The maximum atomic E-state index is 12.5. The molecule has 1 aliphatic heterocycles. The molecule has 0 radical (unpaired) electrons. The summed E-state index contributed by atoms with van der Waals surface area (Å²) < 4.78 is 26.5. The van der Waals surface area contributed by atoms with E-state index in [1.807, 2.05) is 18.2 Å². The maximum absolute atomic E-state index is 12.5. The fourth-order valence-corrected chi connectivity index (χ4v) is 3.73. The van der Waals surface area contributed by atoms with Gasteiger partial charge >= 0.3 is 0 Å². The SMILES string of the molecule is NC1CCN(S(=O)(=O)c2cn[nH]c2)c2ccccc21. The molecule has 1 aromatic heterocycles. The fourth-order valence-electron chi connectivity index (χ4n) is 2.32. The van der Waals surface area contributed by atoms with Crippen molar-refractivity contribution in [2.24, 2.45) is 5.73 Å². The Morgan fingerprint density at radius 2 is 2.16 bits per heavy atom. The van der Waals surface area contributed by atoms with Crippen LogP contribution in [0, 0.1) is 0 Å². The van der Waals surface area contributed by atoms with Crippen LogP contribution in [0.15, 0.2) is 41.6 Å². The molecule has 1 aromatic carbocycles. The summed E-state index contributed by atoms with van der Waals surface area (Å²) in [7, 11) is -3.57. The quantitative estimate of drug-likeness (QED) is 0.857. The Balaban J connectivity index is 2.11. The molecule has 3 N–H and O–H groups in total. The standard InChI is InChI=1S/C12H14N4O2S/c13-11-5-6-16(12-4-2-1-3-10(11)12)19(17,18)9-7-14-15-8-9/h1-4,7-8,11H,5-6,13H2,(H,14,15). The zero-order chi connectivity index (χ0) is 13.5. The zero-order valence-electron chi connectivity index (χ0n) is 10.2. The van der Waals surface area contributed by atoms with Crippen molar-refractivity contribution in [2.45, 2.75) is 17.4 Å². The summed E-state index contributed by atoms with van der Waals surface area (Å²) in [4.78, 5) is 0.165. The summed E-state index contributed by atoms with van der Waals surface area (Å²) >= 11 is 0. The molecule has 0 amide bonds. The minimum absolute atomic E-state index is 0.119. The van der Waals surface area contributed by atoms with Gasteiger partial charge in [-0.05, 0) is 18.1 Å². The smallest absolute Gasteiger partial charge is 0.267 e. The van der Waals surface area contributed by atoms with Gasteiger partial charge in [-0.2, -0.15) is 5.10 Å². The van der Waals surface area contributed by atoms with Gasteiger partial charge in [-0.1, -0.05) is 18.2 Å². The number of benzene rings is 1. The Bertz CT molecular complexity index is 682. The zero-order valence-corrected chi connectivity index (χ0v) is 11.0. The Labute approximate surface area is 111 Å². The van der Waals surface area contributed by atoms with Gasteiger partial charge < -0.3 is 5.73 Å². The first-order chi connectivity index (χ1) is 9.10. The number of aromatic amines is 1. The van der Waals surface area contributed by atoms with Crippen molar-refractivity contribution in [1.82, 2.24) is 10.2 Å². The Morgan fingerprint density at radius 1 is 1.37 bits per heavy atom. The number of hydrogen-bond acceptors (Lipinski definition) is 4. The molecular formula is C12H14N4O2S. The number of fused-ring (bicyclic) bond motifs is 1. The van der Waals surface area contributed by atoms with E-state index in [9.17, 15) is 8.42 Å². The highest BCUT2D eigenvalue weighted by molar-refractivity contribution is 7.92. The van der Waals surface area contributed by atoms with Crippen LogP contribution in [0.2, 0.25) is 0 Å². The summed E-state index contributed by atoms with van der Waals surface area (Å²) in [5.41, 5.74) is 7.55. The van der Waals surface area contributed by atoms with Crippen LogP contribution in [0.5, 0.6) is 0 Å². The molecule has 2 heterocycles. The van der Waals surface area contributed by atoms with Gasteiger partial charge in [0.2, 0.25) is 0 Å². The molecule has 1 unspecified atom stereocenters. The molecule has 7 heteroatoms. The van der Waals surface area contributed by atoms with E-state index >= 15 is 0 Å². The van der Waals surface area contributed by atoms with E-state index in [0.717, 1.165) is 5.56 Å². The van der Waals surface area contributed by atoms with Gasteiger partial charge in [0.1, 0.15) is 4.90 Å². The van der Waals surface area contributed by atoms with E-state index in [2.05, 4.69) is 10.2 Å². The molecule has 1 aliphatic rings. The van der Waals surface area contributed by atoms with Crippen LogP contribution in [-0.4, -0.2) is 25.2 Å². The van der Waals surface area contributed by atoms with E-state index in [0.29, 0.717) is 18.7 Å². The molecule has 0 saturated carbocycles. The van der Waals surface area contributed by atoms with E-state index in [-0.39, 0.29) is 10.9 Å². The van der Waals surface area contributed by atoms with Crippen molar-refractivity contribution >= 4 is 15.7 Å². The Morgan fingerprint density at radius 3 is 2.89 bits per heavy atom. The number of H-pyrrole nitrogens is 1. The molecule has 0 aliphatic carbocycles. The number of hydrogen-bond donors (Lipinski definition) is 2. The summed E-state index contributed by atoms with van der Waals surface area (Å²) in [6.07, 6.45) is 3.30. The number of nitrogens with zero attached hydrogens (tertiary/aromatic N) is 2. The lowest BCUT2D eigenvalue weighted by Gasteiger charge is -2.33. The summed E-state index contributed by atoms with van der Waals surface area (Å²) in [6.45, 7) is 0.381. The van der Waals surface area contributed by atoms with Crippen molar-refractivity contribution < 1.29 is 8.42 Å². The van der Waals surface area contributed by atoms with Crippen LogP contribution in [-0.2, 0) is 10.0 Å². The molecule has 1 atom stereocenters. The topological polar surface area (TPSA) is 92.1 Å². The molecule has 0 fully saturated rings. The fraction of sp³-hybridized carbons (Fsp3) is 0.250. The number of rotatable bonds is 2. The van der Waals surface area contributed by atoms with Crippen molar-refractivity contribution in [1.29, 1.82) is 0 Å². The number of nitrogens with two attached hydrogens (primary N) is 1. The average Bonchev–Trinajstić information content (AvgIpc) is 2.94. The molecule has 100 valence electrons. The molecular weight excluding hydrogens is 264 g/mol. The van der Waals surface area contributed by atoms with Gasteiger partial charge in [-0.15, -0.1) is 0 Å². The normalized spacial score (nSPS) is 19.2. The van der Waals surface area contributed by atoms with Crippen LogP contribution in [0.1, 0.15) is 18.0 Å². The third-order valence-electron chi connectivity index (χ3n) is 3.31. The lowest BCUT2D eigenvalue weighted by Crippen LogP contribution is -2.38. The largest absolute Gasteiger partial charge is 0.324 e. The first-order valence-corrected chi connectivity index (χ1v) is 7.41. The van der Waals surface area contributed by atoms with E-state index in [1.165, 1.54) is 16.7 Å². The van der Waals surface area contributed by atoms with Crippen molar-refractivity contribution in [2.75, 3.05) is 10.8 Å². The van der Waals surface area contributed by atoms with Crippen molar-refractivity contribution in [3.8, 4) is 0 Å². The minimum Gasteiger partial charge on any atom is -0.324 e. The van der Waals surface area contributed by atoms with E-state index in [1.54, 1.807) is 6.07 Å². The van der Waals surface area contributed by atoms with Crippen LogP contribution < -0.4 is 10.0 Å². The van der Waals surface area contributed by atoms with Crippen LogP contribution in [0.25, 0.3) is 0 Å². The number of aromatic nitrogens is 2. The number of nitrogens with one attached hydrogen (secondary N) is 1. The van der Waals surface area contributed by atoms with Gasteiger partial charge in [0.25, 0.3) is 10.0 Å². The maximum Gasteiger partial charge on any atom is 0.267 e. The Kier molecular flexibility index (Phi) is 2.79. The third kappa shape index (κ3) is 1.91. The number of sulfonamides is 1. The third-order valence-corrected chi connectivity index (χ3v) is 5.09. The highest BCUT2D eigenvalue weighted by Crippen LogP contribution is 2.35. The number of para-hydroxylation sites is 1. The summed E-state index contributed by atoms with van der Waals surface area (Å²) in [5.74, 6) is 0. The summed E-state index contributed by atoms with van der Waals surface area (Å²) in [6, 6.07) is 7.22. The van der Waals surface area contributed by atoms with Crippen molar-refractivity contribution in [3.63, 3.8) is 0 Å². The number of anilines is 1. The lowest BCUT2D eigenvalue weighted by atomic mass is 9.99. The highest BCUT2D eigenvalue weighted by atomic mass is 32.2. The Hall–Kier alpha value is -1.86. The average molecular weight is 278 g/mol. The van der Waals surface area contributed by atoms with E-state index in [4.69, 9.17) is 5.73 Å².